The number of hydrogen-bond donors (Lipinski definition) is 2. The molecule has 1 saturated heterocycles. The number of carbonyl (C=O) groups is 1. The van der Waals surface area contributed by atoms with E-state index < -0.39 is 23.6 Å². The Balaban J connectivity index is 2.29. The molecule has 90 valence electrons. The van der Waals surface area contributed by atoms with Gasteiger partial charge in [0.05, 0.1) is 0 Å². The van der Waals surface area contributed by atoms with Gasteiger partial charge in [0.1, 0.15) is 17.7 Å². The fourth-order valence-electron chi connectivity index (χ4n) is 1.63. The van der Waals surface area contributed by atoms with E-state index in [0.717, 1.165) is 12.1 Å². The van der Waals surface area contributed by atoms with Crippen molar-refractivity contribution in [1.29, 1.82) is 0 Å². The van der Waals surface area contributed by atoms with Crippen molar-refractivity contribution in [2.75, 3.05) is 6.54 Å². The number of benzene rings is 1. The van der Waals surface area contributed by atoms with Crippen LogP contribution < -0.4 is 10.6 Å². The Morgan fingerprint density at radius 3 is 2.82 bits per heavy atom. The summed E-state index contributed by atoms with van der Waals surface area (Å²) in [6.45, 7) is 2.31. The third kappa shape index (κ3) is 2.25. The minimum Gasteiger partial charge on any atom is -0.340 e. The van der Waals surface area contributed by atoms with Crippen molar-refractivity contribution in [2.24, 2.45) is 4.99 Å². The molecule has 0 aromatic heterocycles. The average molecular weight is 239 g/mol. The number of nitrogens with zero attached hydrogens (tertiary/aromatic N) is 1. The molecule has 1 aliphatic rings. The summed E-state index contributed by atoms with van der Waals surface area (Å²) in [6.07, 6.45) is 0. The molecule has 1 unspecified atom stereocenters. The number of rotatable bonds is 2. The minimum absolute atomic E-state index is 0.102. The third-order valence-electron chi connectivity index (χ3n) is 2.37. The fraction of sp³-hybridized carbons (Fsp3) is 0.273. The highest BCUT2D eigenvalue weighted by atomic mass is 19.1. The highest BCUT2D eigenvalue weighted by Gasteiger charge is 2.31. The second-order valence-electron chi connectivity index (χ2n) is 3.56. The van der Waals surface area contributed by atoms with Crippen molar-refractivity contribution >= 4 is 11.9 Å². The molecule has 0 radical (unpaired) electrons. The number of amides is 1. The predicted molar refractivity (Wildman–Crippen MR) is 58.4 cm³/mol. The van der Waals surface area contributed by atoms with Gasteiger partial charge in [-0.25, -0.2) is 8.78 Å². The molecule has 2 N–H and O–H groups in total. The molecule has 0 bridgehead atoms. The molecular weight excluding hydrogens is 228 g/mol. The lowest BCUT2D eigenvalue weighted by molar-refractivity contribution is -0.120. The minimum atomic E-state index is -0.860. The van der Waals surface area contributed by atoms with Crippen LogP contribution in [0.25, 0.3) is 0 Å². The van der Waals surface area contributed by atoms with Crippen LogP contribution in [0, 0.1) is 11.6 Å². The smallest absolute Gasteiger partial charge is 0.254 e. The van der Waals surface area contributed by atoms with Gasteiger partial charge in [-0.05, 0) is 13.0 Å². The van der Waals surface area contributed by atoms with Gasteiger partial charge in [0.2, 0.25) is 0 Å². The van der Waals surface area contributed by atoms with Crippen molar-refractivity contribution in [1.82, 2.24) is 10.6 Å². The topological polar surface area (TPSA) is 53.5 Å². The lowest BCUT2D eigenvalue weighted by Gasteiger charge is -2.09. The van der Waals surface area contributed by atoms with E-state index in [0.29, 0.717) is 12.5 Å². The molecule has 1 aromatic carbocycles. The van der Waals surface area contributed by atoms with E-state index in [1.165, 1.54) is 6.07 Å². The lowest BCUT2D eigenvalue weighted by Crippen LogP contribution is -2.25. The van der Waals surface area contributed by atoms with Crippen molar-refractivity contribution in [3.63, 3.8) is 0 Å². The first-order chi connectivity index (χ1) is 8.11. The van der Waals surface area contributed by atoms with Gasteiger partial charge in [0, 0.05) is 18.2 Å². The van der Waals surface area contributed by atoms with E-state index in [1.807, 2.05) is 6.92 Å². The number of carbonyl (C=O) groups excluding carboxylic acids is 1. The van der Waals surface area contributed by atoms with E-state index >= 15 is 0 Å². The molecule has 2 rings (SSSR count). The summed E-state index contributed by atoms with van der Waals surface area (Å²) in [5, 5.41) is 5.23. The SMILES string of the molecule is CCN=C1NC(=O)C(c2ccc(F)cc2F)N1. The van der Waals surface area contributed by atoms with E-state index in [4.69, 9.17) is 0 Å². The van der Waals surface area contributed by atoms with Crippen LogP contribution in [-0.2, 0) is 4.79 Å². The van der Waals surface area contributed by atoms with Gasteiger partial charge in [-0.3, -0.25) is 15.1 Å². The van der Waals surface area contributed by atoms with Gasteiger partial charge in [-0.1, -0.05) is 6.07 Å². The first kappa shape index (κ1) is 11.5. The van der Waals surface area contributed by atoms with Crippen LogP contribution >= 0.6 is 0 Å². The third-order valence-corrected chi connectivity index (χ3v) is 2.37. The summed E-state index contributed by atoms with van der Waals surface area (Å²) in [4.78, 5) is 15.6. The summed E-state index contributed by atoms with van der Waals surface area (Å²) in [7, 11) is 0. The molecule has 1 atom stereocenters. The molecule has 1 aliphatic heterocycles. The predicted octanol–water partition coefficient (Wildman–Crippen LogP) is 1.10. The highest BCUT2D eigenvalue weighted by Crippen LogP contribution is 2.20. The van der Waals surface area contributed by atoms with Crippen LogP contribution in [0.15, 0.2) is 23.2 Å². The number of nitrogens with one attached hydrogen (secondary N) is 2. The first-order valence-electron chi connectivity index (χ1n) is 5.18. The molecule has 0 aliphatic carbocycles. The van der Waals surface area contributed by atoms with E-state index in [9.17, 15) is 13.6 Å². The van der Waals surface area contributed by atoms with Crippen molar-refractivity contribution in [2.45, 2.75) is 13.0 Å². The second-order valence-corrected chi connectivity index (χ2v) is 3.56. The molecule has 4 nitrogen and oxygen atoms in total. The van der Waals surface area contributed by atoms with Crippen LogP contribution in [0.5, 0.6) is 0 Å². The zero-order chi connectivity index (χ0) is 12.4. The zero-order valence-electron chi connectivity index (χ0n) is 9.13. The molecule has 0 spiro atoms. The molecule has 1 fully saturated rings. The summed E-state index contributed by atoms with van der Waals surface area (Å²) < 4.78 is 26.2. The molecule has 0 saturated carbocycles. The van der Waals surface area contributed by atoms with Crippen LogP contribution in [-0.4, -0.2) is 18.4 Å². The maximum Gasteiger partial charge on any atom is 0.254 e. The molecule has 6 heteroatoms. The van der Waals surface area contributed by atoms with E-state index in [1.54, 1.807) is 0 Å². The number of aliphatic imine (C=N–C) groups is 1. The second kappa shape index (κ2) is 4.48. The Morgan fingerprint density at radius 1 is 1.41 bits per heavy atom. The molecule has 1 amide bonds. The van der Waals surface area contributed by atoms with Gasteiger partial charge in [0.25, 0.3) is 5.91 Å². The Bertz CT molecular complexity index is 488. The zero-order valence-corrected chi connectivity index (χ0v) is 9.13. The van der Waals surface area contributed by atoms with Crippen LogP contribution in [0.4, 0.5) is 8.78 Å². The summed E-state index contributed by atoms with van der Waals surface area (Å²) in [6, 6.07) is 2.25. The van der Waals surface area contributed by atoms with Crippen LogP contribution in [0.2, 0.25) is 0 Å². The van der Waals surface area contributed by atoms with Crippen LogP contribution in [0.1, 0.15) is 18.5 Å². The monoisotopic (exact) mass is 239 g/mol. The summed E-state index contributed by atoms with van der Waals surface area (Å²) in [5.74, 6) is -1.52. The molecular formula is C11H11F2N3O. The van der Waals surface area contributed by atoms with E-state index in [2.05, 4.69) is 15.6 Å². The van der Waals surface area contributed by atoms with Crippen molar-refractivity contribution in [3.05, 3.63) is 35.4 Å². The van der Waals surface area contributed by atoms with Gasteiger partial charge in [-0.15, -0.1) is 0 Å². The maximum absolute atomic E-state index is 13.5. The van der Waals surface area contributed by atoms with Crippen molar-refractivity contribution < 1.29 is 13.6 Å². The standard InChI is InChI=1S/C11H11F2N3O/c1-2-14-11-15-9(10(17)16-11)7-4-3-6(12)5-8(7)13/h3-5,9H,2H2,1H3,(H2,14,15,16,17). The van der Waals surface area contributed by atoms with E-state index in [-0.39, 0.29) is 5.56 Å². The van der Waals surface area contributed by atoms with Crippen molar-refractivity contribution in [3.8, 4) is 0 Å². The number of halogens is 2. The Hall–Kier alpha value is -1.98. The summed E-state index contributed by atoms with van der Waals surface area (Å²) in [5.41, 5.74) is 0.102. The number of hydrogen-bond acceptors (Lipinski definition) is 2. The summed E-state index contributed by atoms with van der Waals surface area (Å²) >= 11 is 0. The normalized spacial score (nSPS) is 21.5. The first-order valence-corrected chi connectivity index (χ1v) is 5.18. The van der Waals surface area contributed by atoms with Crippen LogP contribution in [0.3, 0.4) is 0 Å². The van der Waals surface area contributed by atoms with Gasteiger partial charge >= 0.3 is 0 Å². The maximum atomic E-state index is 13.5. The average Bonchev–Trinajstić information content (AvgIpc) is 2.60. The Morgan fingerprint density at radius 2 is 2.18 bits per heavy atom. The fourth-order valence-corrected chi connectivity index (χ4v) is 1.63. The lowest BCUT2D eigenvalue weighted by atomic mass is 10.1. The molecule has 1 aromatic rings. The largest absolute Gasteiger partial charge is 0.340 e. The Labute approximate surface area is 96.7 Å². The van der Waals surface area contributed by atoms with Gasteiger partial charge in [-0.2, -0.15) is 0 Å². The Kier molecular flexibility index (Phi) is 3.03. The quantitative estimate of drug-likeness (QED) is 0.812. The highest BCUT2D eigenvalue weighted by molar-refractivity contribution is 6.06. The van der Waals surface area contributed by atoms with Gasteiger partial charge < -0.3 is 5.32 Å². The van der Waals surface area contributed by atoms with Gasteiger partial charge in [0.15, 0.2) is 5.96 Å². The molecule has 17 heavy (non-hydrogen) atoms. The molecule has 1 heterocycles. The number of guanidine groups is 1.